The molecule has 3 aromatic heterocycles. The molecule has 0 radical (unpaired) electrons. The zero-order valence-electron chi connectivity index (χ0n) is 17.4. The third kappa shape index (κ3) is 3.80. The lowest BCUT2D eigenvalue weighted by atomic mass is 10.0. The quantitative estimate of drug-likeness (QED) is 0.482. The van der Waals surface area contributed by atoms with Gasteiger partial charge in [-0.1, -0.05) is 18.2 Å². The maximum absolute atomic E-state index is 13.2. The van der Waals surface area contributed by atoms with Crippen LogP contribution in [0.3, 0.4) is 0 Å². The van der Waals surface area contributed by atoms with E-state index in [2.05, 4.69) is 31.0 Å². The summed E-state index contributed by atoms with van der Waals surface area (Å²) in [5.74, 6) is 1.32. The number of furan rings is 1. The summed E-state index contributed by atoms with van der Waals surface area (Å²) in [5.41, 5.74) is 4.01. The first-order valence-corrected chi connectivity index (χ1v) is 10.5. The van der Waals surface area contributed by atoms with Crippen LogP contribution in [0.5, 0.6) is 0 Å². The molecule has 7 heteroatoms. The van der Waals surface area contributed by atoms with E-state index in [1.807, 2.05) is 30.5 Å². The molecule has 0 aliphatic carbocycles. The minimum absolute atomic E-state index is 0.0693. The first-order valence-electron chi connectivity index (χ1n) is 9.67. The molecule has 4 aromatic rings. The van der Waals surface area contributed by atoms with Crippen molar-refractivity contribution in [2.24, 2.45) is 0 Å². The molecule has 0 fully saturated rings. The second kappa shape index (κ2) is 7.91. The van der Waals surface area contributed by atoms with E-state index in [-0.39, 0.29) is 18.0 Å². The number of hydrogen-bond acceptors (Lipinski definition) is 5. The third-order valence-electron chi connectivity index (χ3n) is 5.30. The lowest BCUT2D eigenvalue weighted by molar-refractivity contribution is -0.131. The molecule has 6 nitrogen and oxygen atoms in total. The van der Waals surface area contributed by atoms with Crippen molar-refractivity contribution >= 4 is 27.5 Å². The Bertz CT molecular complexity index is 1300. The summed E-state index contributed by atoms with van der Waals surface area (Å²) in [5, 5.41) is 2.52. The standard InChI is InChI=1S/C23H23N3O3S/c1-14-5-7-17(9-15(14)2)19-12-30-22-21(19)23(28)26(13-24-22)11-20(27)25(4)10-18-8-6-16(3)29-18/h5-9,12-13H,10-11H2,1-4H3. The Morgan fingerprint density at radius 2 is 1.97 bits per heavy atom. The van der Waals surface area contributed by atoms with Crippen molar-refractivity contribution in [2.75, 3.05) is 7.05 Å². The van der Waals surface area contributed by atoms with Crippen LogP contribution in [0.4, 0.5) is 0 Å². The molecule has 1 amide bonds. The van der Waals surface area contributed by atoms with Crippen molar-refractivity contribution in [2.45, 2.75) is 33.9 Å². The van der Waals surface area contributed by atoms with Gasteiger partial charge < -0.3 is 9.32 Å². The highest BCUT2D eigenvalue weighted by Crippen LogP contribution is 2.31. The van der Waals surface area contributed by atoms with Crippen LogP contribution >= 0.6 is 11.3 Å². The molecular weight excluding hydrogens is 398 g/mol. The molecule has 0 aliphatic heterocycles. The van der Waals surface area contributed by atoms with E-state index in [0.717, 1.165) is 16.9 Å². The van der Waals surface area contributed by atoms with Crippen LogP contribution in [0.2, 0.25) is 0 Å². The average Bonchev–Trinajstić information content (AvgIpc) is 3.32. The number of carbonyl (C=O) groups is 1. The summed E-state index contributed by atoms with van der Waals surface area (Å²) in [4.78, 5) is 32.5. The molecule has 0 bridgehead atoms. The van der Waals surface area contributed by atoms with E-state index in [0.29, 0.717) is 22.5 Å². The van der Waals surface area contributed by atoms with Gasteiger partial charge in [0.05, 0.1) is 18.3 Å². The summed E-state index contributed by atoms with van der Waals surface area (Å²) in [6.07, 6.45) is 1.45. The monoisotopic (exact) mass is 421 g/mol. The molecular formula is C23H23N3O3S. The molecule has 154 valence electrons. The summed E-state index contributed by atoms with van der Waals surface area (Å²) in [7, 11) is 1.70. The normalized spacial score (nSPS) is 11.2. The molecule has 0 atom stereocenters. The summed E-state index contributed by atoms with van der Waals surface area (Å²) >= 11 is 1.44. The van der Waals surface area contributed by atoms with Crippen LogP contribution in [0.15, 0.2) is 51.3 Å². The number of benzene rings is 1. The second-order valence-electron chi connectivity index (χ2n) is 7.57. The molecule has 4 rings (SSSR count). The Hall–Kier alpha value is -3.19. The maximum Gasteiger partial charge on any atom is 0.263 e. The fraction of sp³-hybridized carbons (Fsp3) is 0.261. The highest BCUT2D eigenvalue weighted by molar-refractivity contribution is 7.17. The molecule has 0 spiro atoms. The number of likely N-dealkylation sites (N-methyl/N-ethyl adjacent to an activating group) is 1. The number of carbonyl (C=O) groups excluding carboxylic acids is 1. The number of amides is 1. The lowest BCUT2D eigenvalue weighted by Gasteiger charge is -2.16. The van der Waals surface area contributed by atoms with E-state index >= 15 is 0 Å². The summed E-state index contributed by atoms with van der Waals surface area (Å²) < 4.78 is 6.92. The molecule has 0 N–H and O–H groups in total. The van der Waals surface area contributed by atoms with Gasteiger partial charge in [-0.05, 0) is 49.6 Å². The van der Waals surface area contributed by atoms with Crippen LogP contribution in [0, 0.1) is 20.8 Å². The van der Waals surface area contributed by atoms with Gasteiger partial charge in [-0.3, -0.25) is 14.2 Å². The Morgan fingerprint density at radius 1 is 1.17 bits per heavy atom. The minimum Gasteiger partial charge on any atom is -0.464 e. The third-order valence-corrected chi connectivity index (χ3v) is 6.19. The van der Waals surface area contributed by atoms with Crippen LogP contribution in [0.25, 0.3) is 21.3 Å². The van der Waals surface area contributed by atoms with Crippen LogP contribution < -0.4 is 5.56 Å². The number of fused-ring (bicyclic) bond motifs is 1. The fourth-order valence-electron chi connectivity index (χ4n) is 3.36. The summed E-state index contributed by atoms with van der Waals surface area (Å²) in [6.45, 7) is 6.26. The molecule has 1 aromatic carbocycles. The smallest absolute Gasteiger partial charge is 0.263 e. The van der Waals surface area contributed by atoms with Crippen molar-refractivity contribution in [3.05, 3.63) is 75.0 Å². The van der Waals surface area contributed by atoms with E-state index < -0.39 is 0 Å². The van der Waals surface area contributed by atoms with Crippen molar-refractivity contribution in [1.29, 1.82) is 0 Å². The van der Waals surface area contributed by atoms with Gasteiger partial charge in [0.2, 0.25) is 5.91 Å². The second-order valence-corrected chi connectivity index (χ2v) is 8.43. The average molecular weight is 422 g/mol. The van der Waals surface area contributed by atoms with Gasteiger partial charge in [-0.2, -0.15) is 0 Å². The van der Waals surface area contributed by atoms with Crippen molar-refractivity contribution in [3.8, 4) is 11.1 Å². The van der Waals surface area contributed by atoms with E-state index in [1.54, 1.807) is 11.9 Å². The van der Waals surface area contributed by atoms with Gasteiger partial charge in [0.15, 0.2) is 0 Å². The minimum atomic E-state index is -0.204. The molecule has 0 saturated heterocycles. The SMILES string of the molecule is Cc1ccc(CN(C)C(=O)Cn2cnc3scc(-c4ccc(C)c(C)c4)c3c2=O)o1. The van der Waals surface area contributed by atoms with Gasteiger partial charge in [-0.15, -0.1) is 11.3 Å². The Balaban J connectivity index is 1.63. The van der Waals surface area contributed by atoms with Gasteiger partial charge in [0.25, 0.3) is 5.56 Å². The topological polar surface area (TPSA) is 68.3 Å². The highest BCUT2D eigenvalue weighted by Gasteiger charge is 2.17. The predicted octanol–water partition coefficient (Wildman–Crippen LogP) is 4.30. The number of aryl methyl sites for hydroxylation is 3. The zero-order chi connectivity index (χ0) is 21.4. The molecule has 0 aliphatic rings. The molecule has 30 heavy (non-hydrogen) atoms. The zero-order valence-corrected chi connectivity index (χ0v) is 18.2. The van der Waals surface area contributed by atoms with Crippen LogP contribution in [0.1, 0.15) is 22.6 Å². The number of thiophene rings is 1. The highest BCUT2D eigenvalue weighted by atomic mass is 32.1. The largest absolute Gasteiger partial charge is 0.464 e. The summed E-state index contributed by atoms with van der Waals surface area (Å²) in [6, 6.07) is 9.86. The van der Waals surface area contributed by atoms with E-state index in [9.17, 15) is 9.59 Å². The number of hydrogen-bond donors (Lipinski definition) is 0. The Labute approximate surface area is 178 Å². The number of nitrogens with zero attached hydrogens (tertiary/aromatic N) is 3. The van der Waals surface area contributed by atoms with Crippen molar-refractivity contribution in [3.63, 3.8) is 0 Å². The molecule has 0 saturated carbocycles. The van der Waals surface area contributed by atoms with E-state index in [1.165, 1.54) is 33.4 Å². The predicted molar refractivity (Wildman–Crippen MR) is 119 cm³/mol. The lowest BCUT2D eigenvalue weighted by Crippen LogP contribution is -2.33. The van der Waals surface area contributed by atoms with Crippen LogP contribution in [-0.2, 0) is 17.9 Å². The fourth-order valence-corrected chi connectivity index (χ4v) is 4.27. The first-order chi connectivity index (χ1) is 14.3. The maximum atomic E-state index is 13.2. The number of rotatable bonds is 5. The molecule has 0 unspecified atom stereocenters. The molecule has 3 heterocycles. The van der Waals surface area contributed by atoms with Gasteiger partial charge >= 0.3 is 0 Å². The Kier molecular flexibility index (Phi) is 5.30. The van der Waals surface area contributed by atoms with Gasteiger partial charge in [-0.25, -0.2) is 4.98 Å². The number of aromatic nitrogens is 2. The first kappa shape index (κ1) is 20.1. The van der Waals surface area contributed by atoms with Gasteiger partial charge in [0.1, 0.15) is 22.9 Å². The van der Waals surface area contributed by atoms with Crippen molar-refractivity contribution < 1.29 is 9.21 Å². The van der Waals surface area contributed by atoms with E-state index in [4.69, 9.17) is 4.42 Å². The van der Waals surface area contributed by atoms with Gasteiger partial charge in [0, 0.05) is 18.0 Å². The Morgan fingerprint density at radius 3 is 2.67 bits per heavy atom. The van der Waals surface area contributed by atoms with Crippen molar-refractivity contribution in [1.82, 2.24) is 14.5 Å². The van der Waals surface area contributed by atoms with Crippen LogP contribution in [-0.4, -0.2) is 27.4 Å².